The smallest absolute Gasteiger partial charge is 0.312 e. The molecule has 5 fully saturated rings. The fourth-order valence-electron chi connectivity index (χ4n) is 12.8. The van der Waals surface area contributed by atoms with Crippen molar-refractivity contribution >= 4 is 5.97 Å². The van der Waals surface area contributed by atoms with E-state index in [0.717, 1.165) is 51.6 Å². The summed E-state index contributed by atoms with van der Waals surface area (Å²) in [6.45, 7) is 18.6. The molecule has 0 aliphatic heterocycles. The lowest BCUT2D eigenvalue weighted by Gasteiger charge is -2.73. The third-order valence-corrected chi connectivity index (χ3v) is 15.1. The lowest BCUT2D eigenvalue weighted by Crippen LogP contribution is -2.68. The Bertz CT molecular complexity index is 1200. The maximum absolute atomic E-state index is 13.5. The monoisotopic (exact) mass is 575 g/mol. The molecule has 232 valence electrons. The number of aliphatic hydroxyl groups is 1. The zero-order chi connectivity index (χ0) is 30.1. The Kier molecular flexibility index (Phi) is 7.57. The number of fused-ring (bicyclic) bond motifs is 7. The van der Waals surface area contributed by atoms with Gasteiger partial charge in [0.1, 0.15) is 0 Å². The van der Waals surface area contributed by atoms with Gasteiger partial charge >= 0.3 is 5.97 Å². The predicted octanol–water partition coefficient (Wildman–Crippen LogP) is 7.95. The lowest BCUT2D eigenvalue weighted by atomic mass is 9.32. The van der Waals surface area contributed by atoms with Crippen LogP contribution in [0.2, 0.25) is 0 Å². The van der Waals surface area contributed by atoms with Crippen LogP contribution in [0.3, 0.4) is 0 Å². The highest BCUT2D eigenvalue weighted by atomic mass is 16.5. The largest absolute Gasteiger partial charge is 0.469 e. The highest BCUT2D eigenvalue weighted by molar-refractivity contribution is 5.78. The van der Waals surface area contributed by atoms with E-state index in [1.807, 2.05) is 0 Å². The van der Waals surface area contributed by atoms with Gasteiger partial charge in [-0.2, -0.15) is 0 Å². The first-order valence-electron chi connectivity index (χ1n) is 17.0. The molecule has 2 N–H and O–H groups in total. The maximum atomic E-state index is 13.5. The van der Waals surface area contributed by atoms with Crippen LogP contribution in [0.1, 0.15) is 104 Å². The Balaban J connectivity index is 1.30. The van der Waals surface area contributed by atoms with Crippen molar-refractivity contribution in [3.63, 3.8) is 0 Å². The van der Waals surface area contributed by atoms with Crippen molar-refractivity contribution in [2.75, 3.05) is 13.7 Å². The zero-order valence-corrected chi connectivity index (χ0v) is 27.3. The zero-order valence-electron chi connectivity index (χ0n) is 27.3. The number of hydrogen-bond donors (Lipinski definition) is 2. The summed E-state index contributed by atoms with van der Waals surface area (Å²) in [5.74, 6) is 2.49. The van der Waals surface area contributed by atoms with E-state index < -0.39 is 0 Å². The molecule has 0 bridgehead atoms. The fraction of sp³-hybridized carbons (Fsp3) is 0.763. The Labute approximate surface area is 255 Å². The number of carbonyl (C=O) groups excluding carboxylic acids is 1. The normalized spacial score (nSPS) is 47.9. The van der Waals surface area contributed by atoms with Gasteiger partial charge in [-0.15, -0.1) is 0 Å². The van der Waals surface area contributed by atoms with E-state index in [1.54, 1.807) is 7.11 Å². The van der Waals surface area contributed by atoms with Gasteiger partial charge in [-0.25, -0.2) is 0 Å². The quantitative estimate of drug-likeness (QED) is 0.267. The number of rotatable bonds is 6. The number of allylic oxidation sites excluding steroid dienone is 1. The Morgan fingerprint density at radius 2 is 1.67 bits per heavy atom. The first-order chi connectivity index (χ1) is 19.9. The molecule has 4 heteroatoms. The molecule has 1 aromatic carbocycles. The molecule has 1 aromatic rings. The average Bonchev–Trinajstić information content (AvgIpc) is 3.37. The van der Waals surface area contributed by atoms with Crippen molar-refractivity contribution in [1.82, 2.24) is 5.32 Å². The van der Waals surface area contributed by atoms with Crippen molar-refractivity contribution in [1.29, 1.82) is 0 Å². The summed E-state index contributed by atoms with van der Waals surface area (Å²) in [5, 5.41) is 15.3. The number of benzene rings is 1. The van der Waals surface area contributed by atoms with Crippen LogP contribution in [-0.4, -0.2) is 30.8 Å². The van der Waals surface area contributed by atoms with Gasteiger partial charge in [0.15, 0.2) is 0 Å². The third-order valence-electron chi connectivity index (χ3n) is 15.1. The van der Waals surface area contributed by atoms with E-state index in [2.05, 4.69) is 76.8 Å². The van der Waals surface area contributed by atoms with E-state index in [-0.39, 0.29) is 39.1 Å². The van der Waals surface area contributed by atoms with Crippen LogP contribution >= 0.6 is 0 Å². The topological polar surface area (TPSA) is 58.6 Å². The van der Waals surface area contributed by atoms with Crippen LogP contribution in [0.4, 0.5) is 0 Å². The second kappa shape index (κ2) is 10.5. The van der Waals surface area contributed by atoms with Gasteiger partial charge in [-0.3, -0.25) is 4.79 Å². The van der Waals surface area contributed by atoms with Crippen molar-refractivity contribution in [3.05, 3.63) is 48.0 Å². The van der Waals surface area contributed by atoms with Crippen LogP contribution in [0.15, 0.2) is 42.5 Å². The minimum Gasteiger partial charge on any atom is -0.469 e. The molecule has 5 saturated carbocycles. The highest BCUT2D eigenvalue weighted by Gasteiger charge is 2.72. The number of esters is 1. The molecule has 0 spiro atoms. The van der Waals surface area contributed by atoms with Crippen LogP contribution < -0.4 is 5.32 Å². The second-order valence-electron chi connectivity index (χ2n) is 16.5. The van der Waals surface area contributed by atoms with Crippen LogP contribution in [-0.2, 0) is 16.1 Å². The molecule has 3 unspecified atom stereocenters. The molecule has 0 aromatic heterocycles. The van der Waals surface area contributed by atoms with Gasteiger partial charge < -0.3 is 15.2 Å². The number of methoxy groups -OCH3 is 1. The molecule has 0 heterocycles. The Morgan fingerprint density at radius 3 is 2.36 bits per heavy atom. The van der Waals surface area contributed by atoms with Gasteiger partial charge in [0.25, 0.3) is 0 Å². The minimum atomic E-state index is -0.329. The number of carbonyl (C=O) groups is 1. The number of nitrogens with one attached hydrogen (secondary N) is 1. The van der Waals surface area contributed by atoms with Crippen molar-refractivity contribution in [2.45, 2.75) is 111 Å². The van der Waals surface area contributed by atoms with Gasteiger partial charge in [-0.1, -0.05) is 70.2 Å². The molecular formula is C38H57NO3. The summed E-state index contributed by atoms with van der Waals surface area (Å²) in [5.41, 5.74) is 2.74. The number of hydrogen-bond acceptors (Lipinski definition) is 4. The summed E-state index contributed by atoms with van der Waals surface area (Å²) in [4.78, 5) is 13.5. The summed E-state index contributed by atoms with van der Waals surface area (Å²) >= 11 is 0. The molecule has 6 rings (SSSR count). The van der Waals surface area contributed by atoms with Crippen molar-refractivity contribution < 1.29 is 14.6 Å². The molecule has 0 radical (unpaired) electrons. The molecule has 0 saturated heterocycles. The predicted molar refractivity (Wildman–Crippen MR) is 169 cm³/mol. The highest BCUT2D eigenvalue weighted by Crippen LogP contribution is 2.77. The molecule has 5 aliphatic carbocycles. The summed E-state index contributed by atoms with van der Waals surface area (Å²) in [6, 6.07) is 10.7. The molecular weight excluding hydrogens is 518 g/mol. The van der Waals surface area contributed by atoms with Crippen LogP contribution in [0, 0.1) is 56.7 Å². The molecule has 4 nitrogen and oxygen atoms in total. The van der Waals surface area contributed by atoms with Crippen molar-refractivity contribution in [2.24, 2.45) is 56.7 Å². The minimum absolute atomic E-state index is 0.0429. The standard InChI is InChI=1S/C38H57NO3/c1-25(2)27-15-20-38(33(41)42-7)22-21-36(5)28(32(27)38)13-14-30-34(3)18-17-31(40)35(4,29(34)16-19-37(30,36)6)24-39-23-26-11-9-8-10-12-26/h8-12,27-32,39-40H,1,13-24H2,2-7H3/t27-,28?,29+,30?,31-,32?,34-,35-,36+,37+,38-/m0/s1. The fourth-order valence-corrected chi connectivity index (χ4v) is 12.8. The molecule has 5 aliphatic rings. The SMILES string of the molecule is C=C(C)[C@@H]1CC[C@]2(C(=O)OC)CC[C@]3(C)C(CCC4[C@@]5(C)CC[C@H](O)[C@@](C)(CNCc6ccccc6)[C@@H]5CC[C@]43C)C12. The average molecular weight is 576 g/mol. The summed E-state index contributed by atoms with van der Waals surface area (Å²) in [7, 11) is 1.60. The van der Waals surface area contributed by atoms with Gasteiger partial charge in [0, 0.05) is 18.5 Å². The number of ether oxygens (including phenoxy) is 1. The third kappa shape index (κ3) is 4.09. The molecule has 0 amide bonds. The Morgan fingerprint density at radius 1 is 0.929 bits per heavy atom. The number of aliphatic hydroxyl groups excluding tert-OH is 1. The first kappa shape index (κ1) is 30.4. The Hall–Kier alpha value is -1.65. The lowest BCUT2D eigenvalue weighted by molar-refractivity contribution is -0.250. The summed E-state index contributed by atoms with van der Waals surface area (Å²) in [6.07, 6.45) is 10.7. The van der Waals surface area contributed by atoms with E-state index >= 15 is 0 Å². The molecule has 42 heavy (non-hydrogen) atoms. The summed E-state index contributed by atoms with van der Waals surface area (Å²) < 4.78 is 5.55. The molecule has 11 atom stereocenters. The second-order valence-corrected chi connectivity index (χ2v) is 16.5. The van der Waals surface area contributed by atoms with E-state index in [1.165, 1.54) is 36.8 Å². The van der Waals surface area contributed by atoms with E-state index in [9.17, 15) is 9.90 Å². The van der Waals surface area contributed by atoms with Crippen LogP contribution in [0.5, 0.6) is 0 Å². The van der Waals surface area contributed by atoms with Gasteiger partial charge in [0.2, 0.25) is 0 Å². The first-order valence-corrected chi connectivity index (χ1v) is 17.0. The van der Waals surface area contributed by atoms with Crippen molar-refractivity contribution in [3.8, 4) is 0 Å². The maximum Gasteiger partial charge on any atom is 0.312 e. The van der Waals surface area contributed by atoms with E-state index in [4.69, 9.17) is 4.74 Å². The van der Waals surface area contributed by atoms with Crippen LogP contribution in [0.25, 0.3) is 0 Å². The van der Waals surface area contributed by atoms with Gasteiger partial charge in [0.05, 0.1) is 18.6 Å². The van der Waals surface area contributed by atoms with E-state index in [0.29, 0.717) is 29.6 Å². The van der Waals surface area contributed by atoms with Gasteiger partial charge in [-0.05, 0) is 123 Å².